The van der Waals surface area contributed by atoms with Crippen molar-refractivity contribution in [3.8, 4) is 0 Å². The lowest BCUT2D eigenvalue weighted by atomic mass is 10.1. The molecular weight excluding hydrogens is 226 g/mol. The minimum atomic E-state index is -0.605. The van der Waals surface area contributed by atoms with Crippen molar-refractivity contribution in [2.24, 2.45) is 11.7 Å². The first-order chi connectivity index (χ1) is 8.66. The van der Waals surface area contributed by atoms with Gasteiger partial charge in [0.15, 0.2) is 0 Å². The van der Waals surface area contributed by atoms with Gasteiger partial charge in [-0.2, -0.15) is 0 Å². The van der Waals surface area contributed by atoms with Crippen molar-refractivity contribution in [2.45, 2.75) is 32.0 Å². The van der Waals surface area contributed by atoms with Gasteiger partial charge in [0.05, 0.1) is 0 Å². The maximum Gasteiger partial charge on any atom is 0.258 e. The monoisotopic (exact) mass is 245 g/mol. The Labute approximate surface area is 107 Å². The number of benzene rings is 1. The summed E-state index contributed by atoms with van der Waals surface area (Å²) in [4.78, 5) is 14.2. The van der Waals surface area contributed by atoms with Crippen molar-refractivity contribution in [3.63, 3.8) is 0 Å². The van der Waals surface area contributed by atoms with Crippen molar-refractivity contribution in [1.82, 2.24) is 5.32 Å². The van der Waals surface area contributed by atoms with Gasteiger partial charge in [-0.25, -0.2) is 0 Å². The first-order valence-corrected chi connectivity index (χ1v) is 6.59. The summed E-state index contributed by atoms with van der Waals surface area (Å²) >= 11 is 0. The molecule has 1 heterocycles. The fourth-order valence-electron chi connectivity index (χ4n) is 2.56. The van der Waals surface area contributed by atoms with Gasteiger partial charge in [0.25, 0.3) is 5.91 Å². The van der Waals surface area contributed by atoms with E-state index in [-0.39, 0.29) is 11.9 Å². The van der Waals surface area contributed by atoms with Crippen LogP contribution in [0, 0.1) is 5.92 Å². The Bertz CT molecular complexity index is 470. The number of rotatable bonds is 2. The molecule has 1 aliphatic carbocycles. The van der Waals surface area contributed by atoms with E-state index >= 15 is 0 Å². The molecule has 2 unspecified atom stereocenters. The van der Waals surface area contributed by atoms with Crippen LogP contribution in [-0.4, -0.2) is 18.6 Å². The number of nitrogens with one attached hydrogen (secondary N) is 1. The number of amides is 1. The first kappa shape index (κ1) is 11.7. The fraction of sp³-hybridized carbons (Fsp3) is 0.500. The Hall–Kier alpha value is -1.39. The molecular formula is C14H19N3O. The minimum absolute atomic E-state index is 0.0151. The van der Waals surface area contributed by atoms with Crippen LogP contribution in [0.5, 0.6) is 0 Å². The Morgan fingerprint density at radius 1 is 1.39 bits per heavy atom. The lowest BCUT2D eigenvalue weighted by Gasteiger charge is -2.24. The lowest BCUT2D eigenvalue weighted by Crippen LogP contribution is -2.51. The predicted octanol–water partition coefficient (Wildman–Crippen LogP) is 1.38. The molecule has 2 aliphatic rings. The zero-order valence-electron chi connectivity index (χ0n) is 10.6. The molecule has 1 aromatic rings. The summed E-state index contributed by atoms with van der Waals surface area (Å²) in [6.45, 7) is 2.85. The molecule has 4 nitrogen and oxygen atoms in total. The van der Waals surface area contributed by atoms with E-state index in [9.17, 15) is 4.79 Å². The van der Waals surface area contributed by atoms with Crippen LogP contribution in [0.2, 0.25) is 0 Å². The van der Waals surface area contributed by atoms with Crippen LogP contribution < -0.4 is 16.0 Å². The van der Waals surface area contributed by atoms with Crippen LogP contribution >= 0.6 is 0 Å². The van der Waals surface area contributed by atoms with Gasteiger partial charge in [-0.1, -0.05) is 18.2 Å². The second-order valence-corrected chi connectivity index (χ2v) is 5.32. The molecule has 1 amide bonds. The molecule has 0 saturated heterocycles. The quantitative estimate of drug-likeness (QED) is 0.827. The number of nitrogens with zero attached hydrogens (tertiary/aromatic N) is 1. The molecule has 0 spiro atoms. The van der Waals surface area contributed by atoms with E-state index in [0.29, 0.717) is 5.92 Å². The molecule has 1 aromatic carbocycles. The number of anilines is 1. The van der Waals surface area contributed by atoms with Gasteiger partial charge in [0.1, 0.15) is 6.17 Å². The van der Waals surface area contributed by atoms with Gasteiger partial charge < -0.3 is 10.6 Å². The molecule has 3 N–H and O–H groups in total. The standard InChI is InChI=1S/C14H19N3O/c1-9-11-4-2-3-5-12(11)17(8-10-6-7-10)14(18)13(15)16-9/h2-5,9-10,13,16H,6-8,15H2,1H3. The van der Waals surface area contributed by atoms with E-state index in [1.807, 2.05) is 30.0 Å². The normalized spacial score (nSPS) is 27.9. The molecule has 0 bridgehead atoms. The van der Waals surface area contributed by atoms with E-state index in [1.54, 1.807) is 0 Å². The van der Waals surface area contributed by atoms with Gasteiger partial charge >= 0.3 is 0 Å². The van der Waals surface area contributed by atoms with E-state index in [1.165, 1.54) is 12.8 Å². The third-order valence-corrected chi connectivity index (χ3v) is 3.79. The Balaban J connectivity index is 2.01. The number of carbonyl (C=O) groups is 1. The van der Waals surface area contributed by atoms with Gasteiger partial charge in [-0.3, -0.25) is 10.1 Å². The maximum atomic E-state index is 12.4. The summed E-state index contributed by atoms with van der Waals surface area (Å²) in [5.74, 6) is 0.640. The largest absolute Gasteiger partial charge is 0.309 e. The second-order valence-electron chi connectivity index (χ2n) is 5.32. The average molecular weight is 245 g/mol. The highest BCUT2D eigenvalue weighted by Gasteiger charge is 2.34. The molecule has 18 heavy (non-hydrogen) atoms. The van der Waals surface area contributed by atoms with Crippen molar-refractivity contribution in [2.75, 3.05) is 11.4 Å². The van der Waals surface area contributed by atoms with Crippen molar-refractivity contribution < 1.29 is 4.79 Å². The van der Waals surface area contributed by atoms with Gasteiger partial charge in [-0.15, -0.1) is 0 Å². The van der Waals surface area contributed by atoms with Gasteiger partial charge in [-0.05, 0) is 37.3 Å². The highest BCUT2D eigenvalue weighted by atomic mass is 16.2. The zero-order chi connectivity index (χ0) is 12.7. The van der Waals surface area contributed by atoms with Gasteiger partial charge in [0, 0.05) is 18.3 Å². The van der Waals surface area contributed by atoms with E-state index in [2.05, 4.69) is 11.4 Å². The SMILES string of the molecule is CC1NC(N)C(=O)N(CC2CC2)c2ccccc21. The van der Waals surface area contributed by atoms with Crippen LogP contribution in [0.15, 0.2) is 24.3 Å². The molecule has 1 aliphatic heterocycles. The van der Waals surface area contributed by atoms with Crippen molar-refractivity contribution >= 4 is 11.6 Å². The molecule has 96 valence electrons. The number of fused-ring (bicyclic) bond motifs is 1. The summed E-state index contributed by atoms with van der Waals surface area (Å²) in [7, 11) is 0. The highest BCUT2D eigenvalue weighted by molar-refractivity contribution is 5.98. The fourth-order valence-corrected chi connectivity index (χ4v) is 2.56. The molecule has 0 aromatic heterocycles. The van der Waals surface area contributed by atoms with E-state index < -0.39 is 6.17 Å². The predicted molar refractivity (Wildman–Crippen MR) is 71.0 cm³/mol. The van der Waals surface area contributed by atoms with Crippen molar-refractivity contribution in [3.05, 3.63) is 29.8 Å². The summed E-state index contributed by atoms with van der Waals surface area (Å²) < 4.78 is 0. The number of para-hydroxylation sites is 1. The zero-order valence-corrected chi connectivity index (χ0v) is 10.6. The van der Waals surface area contributed by atoms with E-state index in [4.69, 9.17) is 5.73 Å². The summed E-state index contributed by atoms with van der Waals surface area (Å²) in [6.07, 6.45) is 1.85. The molecule has 1 fully saturated rings. The molecule has 2 atom stereocenters. The third kappa shape index (κ3) is 2.02. The van der Waals surface area contributed by atoms with Crippen LogP contribution in [0.4, 0.5) is 5.69 Å². The lowest BCUT2D eigenvalue weighted by molar-refractivity contribution is -0.120. The summed E-state index contributed by atoms with van der Waals surface area (Å²) in [5, 5.41) is 3.16. The Kier molecular flexibility index (Phi) is 2.84. The number of carbonyl (C=O) groups excluding carboxylic acids is 1. The summed E-state index contributed by atoms with van der Waals surface area (Å²) in [5.41, 5.74) is 8.10. The third-order valence-electron chi connectivity index (χ3n) is 3.79. The van der Waals surface area contributed by atoms with Crippen molar-refractivity contribution in [1.29, 1.82) is 0 Å². The molecule has 0 radical (unpaired) electrons. The minimum Gasteiger partial charge on any atom is -0.309 e. The molecule has 1 saturated carbocycles. The first-order valence-electron chi connectivity index (χ1n) is 6.59. The number of hydrogen-bond acceptors (Lipinski definition) is 3. The smallest absolute Gasteiger partial charge is 0.258 e. The average Bonchev–Trinajstić information content (AvgIpc) is 3.18. The van der Waals surface area contributed by atoms with Crippen LogP contribution in [0.1, 0.15) is 31.4 Å². The van der Waals surface area contributed by atoms with Crippen LogP contribution in [0.3, 0.4) is 0 Å². The van der Waals surface area contributed by atoms with Crippen LogP contribution in [-0.2, 0) is 4.79 Å². The maximum absolute atomic E-state index is 12.4. The second kappa shape index (κ2) is 4.37. The number of nitrogens with two attached hydrogens (primary N) is 1. The molecule has 3 rings (SSSR count). The summed E-state index contributed by atoms with van der Waals surface area (Å²) in [6, 6.07) is 8.18. The highest BCUT2D eigenvalue weighted by Crippen LogP contribution is 2.35. The number of hydrogen-bond donors (Lipinski definition) is 2. The topological polar surface area (TPSA) is 58.4 Å². The van der Waals surface area contributed by atoms with Crippen LogP contribution in [0.25, 0.3) is 0 Å². The Morgan fingerprint density at radius 3 is 2.83 bits per heavy atom. The Morgan fingerprint density at radius 2 is 2.11 bits per heavy atom. The molecule has 4 heteroatoms. The van der Waals surface area contributed by atoms with E-state index in [0.717, 1.165) is 17.8 Å². The van der Waals surface area contributed by atoms with Gasteiger partial charge in [0.2, 0.25) is 0 Å².